The molecule has 6 nitrogen and oxygen atoms in total. The molecule has 0 fully saturated rings. The van der Waals surface area contributed by atoms with Crippen LogP contribution in [0.1, 0.15) is 44.7 Å². The summed E-state index contributed by atoms with van der Waals surface area (Å²) in [6, 6.07) is 0. The van der Waals surface area contributed by atoms with Crippen LogP contribution in [0, 0.1) is 0 Å². The minimum Gasteiger partial charge on any atom is -0.360 e. The van der Waals surface area contributed by atoms with Crippen LogP contribution in [0.5, 0.6) is 0 Å². The third-order valence-electron chi connectivity index (χ3n) is 3.50. The first-order valence-corrected chi connectivity index (χ1v) is 7.92. The molecule has 2 aromatic heterocycles. The Morgan fingerprint density at radius 1 is 1.26 bits per heavy atom. The number of hydrogen-bond acceptors (Lipinski definition) is 6. The molecule has 0 radical (unpaired) electrons. The van der Waals surface area contributed by atoms with E-state index in [2.05, 4.69) is 20.7 Å². The van der Waals surface area contributed by atoms with Gasteiger partial charge < -0.3 is 9.84 Å². The van der Waals surface area contributed by atoms with Crippen LogP contribution in [0.15, 0.2) is 4.52 Å². The average molecular weight is 346 g/mol. The van der Waals surface area contributed by atoms with Crippen LogP contribution >= 0.6 is 11.3 Å². The summed E-state index contributed by atoms with van der Waals surface area (Å²) in [5, 5.41) is 12.2. The maximum absolute atomic E-state index is 12.4. The first-order chi connectivity index (χ1) is 10.9. The minimum absolute atomic E-state index is 0.160. The van der Waals surface area contributed by atoms with E-state index in [9.17, 15) is 18.0 Å². The molecule has 0 spiro atoms. The summed E-state index contributed by atoms with van der Waals surface area (Å²) in [7, 11) is 0. The molecule has 1 N–H and O–H groups in total. The molecule has 3 rings (SSSR count). The summed E-state index contributed by atoms with van der Waals surface area (Å²) in [5.41, 5.74) is 1.11. The van der Waals surface area contributed by atoms with E-state index < -0.39 is 11.2 Å². The molecule has 10 heteroatoms. The lowest BCUT2D eigenvalue weighted by Gasteiger charge is -2.09. The van der Waals surface area contributed by atoms with Crippen molar-refractivity contribution in [3.63, 3.8) is 0 Å². The summed E-state index contributed by atoms with van der Waals surface area (Å²) >= 11 is 0.479. The molecule has 0 atom stereocenters. The number of aromatic nitrogens is 3. The molecule has 1 aliphatic carbocycles. The minimum atomic E-state index is -4.49. The molecule has 0 aromatic carbocycles. The Bertz CT molecular complexity index is 710. The smallest absolute Gasteiger partial charge is 0.360 e. The standard InChI is InChI=1S/C13H13F3N4O2S/c14-13(15,16)12-19-18-9(23-12)5-6-17-11(21)10-7-3-1-2-4-8(7)22-20-10/h1-6H2,(H,17,21). The molecule has 0 unspecified atom stereocenters. The van der Waals surface area contributed by atoms with Gasteiger partial charge in [-0.1, -0.05) is 16.5 Å². The molecule has 0 aliphatic heterocycles. The van der Waals surface area contributed by atoms with Crippen molar-refractivity contribution in [1.29, 1.82) is 0 Å². The molecule has 2 aromatic rings. The van der Waals surface area contributed by atoms with Crippen molar-refractivity contribution in [3.05, 3.63) is 27.0 Å². The fourth-order valence-electron chi connectivity index (χ4n) is 2.40. The highest BCUT2D eigenvalue weighted by Crippen LogP contribution is 2.31. The van der Waals surface area contributed by atoms with Crippen molar-refractivity contribution in [1.82, 2.24) is 20.7 Å². The molecule has 1 aliphatic rings. The average Bonchev–Trinajstić information content (AvgIpc) is 3.13. The number of aryl methyl sites for hydroxylation is 1. The Labute approximate surface area is 133 Å². The van der Waals surface area contributed by atoms with Gasteiger partial charge in [-0.3, -0.25) is 4.79 Å². The fraction of sp³-hybridized carbons (Fsp3) is 0.538. The van der Waals surface area contributed by atoms with Crippen LogP contribution in [-0.2, 0) is 25.4 Å². The monoisotopic (exact) mass is 346 g/mol. The van der Waals surface area contributed by atoms with E-state index >= 15 is 0 Å². The van der Waals surface area contributed by atoms with E-state index in [0.29, 0.717) is 11.3 Å². The number of nitrogens with one attached hydrogen (secondary N) is 1. The van der Waals surface area contributed by atoms with Crippen molar-refractivity contribution >= 4 is 17.2 Å². The molecule has 0 saturated heterocycles. The van der Waals surface area contributed by atoms with E-state index in [1.807, 2.05) is 0 Å². The summed E-state index contributed by atoms with van der Waals surface area (Å²) in [6.07, 6.45) is -0.770. The summed E-state index contributed by atoms with van der Waals surface area (Å²) < 4.78 is 42.4. The second-order valence-corrected chi connectivity index (χ2v) is 6.21. The van der Waals surface area contributed by atoms with Crippen LogP contribution < -0.4 is 5.32 Å². The predicted octanol–water partition coefficient (Wildman–Crippen LogP) is 2.40. The van der Waals surface area contributed by atoms with Gasteiger partial charge in [-0.15, -0.1) is 10.2 Å². The molecule has 2 heterocycles. The van der Waals surface area contributed by atoms with Crippen LogP contribution in [0.2, 0.25) is 0 Å². The summed E-state index contributed by atoms with van der Waals surface area (Å²) in [6.45, 7) is 0.160. The highest BCUT2D eigenvalue weighted by Gasteiger charge is 2.35. The van der Waals surface area contributed by atoms with Gasteiger partial charge in [0, 0.05) is 24.9 Å². The molecular weight excluding hydrogens is 333 g/mol. The summed E-state index contributed by atoms with van der Waals surface area (Å²) in [5.74, 6) is 0.373. The van der Waals surface area contributed by atoms with E-state index in [1.165, 1.54) is 0 Å². The third-order valence-corrected chi connectivity index (χ3v) is 4.53. The van der Waals surface area contributed by atoms with Crippen molar-refractivity contribution < 1.29 is 22.5 Å². The van der Waals surface area contributed by atoms with Crippen molar-refractivity contribution in [3.8, 4) is 0 Å². The zero-order chi connectivity index (χ0) is 16.4. The Hall–Kier alpha value is -1.97. The predicted molar refractivity (Wildman–Crippen MR) is 74.1 cm³/mol. The Morgan fingerprint density at radius 3 is 2.78 bits per heavy atom. The zero-order valence-electron chi connectivity index (χ0n) is 11.9. The first-order valence-electron chi connectivity index (χ1n) is 7.10. The number of alkyl halides is 3. The normalized spacial score (nSPS) is 14.6. The second-order valence-electron chi connectivity index (χ2n) is 5.14. The topological polar surface area (TPSA) is 80.9 Å². The van der Waals surface area contributed by atoms with Crippen molar-refractivity contribution in [2.45, 2.75) is 38.3 Å². The lowest BCUT2D eigenvalue weighted by atomic mass is 9.96. The Kier molecular flexibility index (Phi) is 4.33. The highest BCUT2D eigenvalue weighted by molar-refractivity contribution is 7.11. The number of amides is 1. The van der Waals surface area contributed by atoms with Gasteiger partial charge >= 0.3 is 6.18 Å². The van der Waals surface area contributed by atoms with Crippen LogP contribution in [0.3, 0.4) is 0 Å². The lowest BCUT2D eigenvalue weighted by molar-refractivity contribution is -0.138. The first kappa shape index (κ1) is 15.9. The zero-order valence-corrected chi connectivity index (χ0v) is 12.8. The Balaban J connectivity index is 1.55. The highest BCUT2D eigenvalue weighted by atomic mass is 32.1. The fourth-order valence-corrected chi connectivity index (χ4v) is 3.11. The third kappa shape index (κ3) is 3.52. The maximum atomic E-state index is 12.4. The van der Waals surface area contributed by atoms with Gasteiger partial charge in [0.1, 0.15) is 10.8 Å². The number of nitrogens with zero attached hydrogens (tertiary/aromatic N) is 3. The van der Waals surface area contributed by atoms with Gasteiger partial charge in [0.2, 0.25) is 5.01 Å². The second kappa shape index (κ2) is 6.26. The van der Waals surface area contributed by atoms with Gasteiger partial charge in [-0.25, -0.2) is 0 Å². The van der Waals surface area contributed by atoms with Gasteiger partial charge in [0.15, 0.2) is 5.69 Å². The quantitative estimate of drug-likeness (QED) is 0.919. The van der Waals surface area contributed by atoms with Crippen LogP contribution in [0.4, 0.5) is 13.2 Å². The van der Waals surface area contributed by atoms with Crippen molar-refractivity contribution in [2.24, 2.45) is 0 Å². The number of fused-ring (bicyclic) bond motifs is 1. The molecule has 1 amide bonds. The number of halogens is 3. The van der Waals surface area contributed by atoms with E-state index in [0.717, 1.165) is 37.0 Å². The van der Waals surface area contributed by atoms with Crippen molar-refractivity contribution in [2.75, 3.05) is 6.54 Å². The van der Waals surface area contributed by atoms with Gasteiger partial charge in [0.05, 0.1) is 0 Å². The number of carbonyl (C=O) groups excluding carboxylic acids is 1. The number of carbonyl (C=O) groups is 1. The van der Waals surface area contributed by atoms with Gasteiger partial charge in [-0.05, 0) is 19.3 Å². The van der Waals surface area contributed by atoms with Crippen LogP contribution in [0.25, 0.3) is 0 Å². The number of hydrogen-bond donors (Lipinski definition) is 1. The molecule has 124 valence electrons. The Morgan fingerprint density at radius 2 is 2.04 bits per heavy atom. The van der Waals surface area contributed by atoms with E-state index in [4.69, 9.17) is 4.52 Å². The lowest BCUT2D eigenvalue weighted by Crippen LogP contribution is -2.27. The molecule has 0 bridgehead atoms. The SMILES string of the molecule is O=C(NCCc1nnc(C(F)(F)F)s1)c1noc2c1CCCC2. The van der Waals surface area contributed by atoms with E-state index in [-0.39, 0.29) is 29.6 Å². The number of rotatable bonds is 4. The molecule has 0 saturated carbocycles. The maximum Gasteiger partial charge on any atom is 0.445 e. The molecule has 23 heavy (non-hydrogen) atoms. The van der Waals surface area contributed by atoms with E-state index in [1.54, 1.807) is 0 Å². The molecular formula is C13H13F3N4O2S. The van der Waals surface area contributed by atoms with Gasteiger partial charge in [0.25, 0.3) is 5.91 Å². The largest absolute Gasteiger partial charge is 0.445 e. The van der Waals surface area contributed by atoms with Crippen LogP contribution in [-0.4, -0.2) is 27.8 Å². The summed E-state index contributed by atoms with van der Waals surface area (Å²) in [4.78, 5) is 12.1. The van der Waals surface area contributed by atoms with Gasteiger partial charge in [-0.2, -0.15) is 13.2 Å².